The van der Waals surface area contributed by atoms with E-state index in [4.69, 9.17) is 25.4 Å². The number of anilines is 1. The minimum Gasteiger partial charge on any atom is -0.491 e. The minimum atomic E-state index is -0.782. The number of esters is 1. The fraction of sp³-hybridized carbons (Fsp3) is 0.333. The van der Waals surface area contributed by atoms with Crippen LogP contribution in [-0.2, 0) is 33.7 Å². The quantitative estimate of drug-likeness (QED) is 0.103. The summed E-state index contributed by atoms with van der Waals surface area (Å²) in [5.41, 5.74) is 10.9. The summed E-state index contributed by atoms with van der Waals surface area (Å²) in [6.07, 6.45) is 2.59. The van der Waals surface area contributed by atoms with Crippen molar-refractivity contribution in [2.75, 3.05) is 25.6 Å². The highest BCUT2D eigenvalue weighted by Crippen LogP contribution is 2.35. The zero-order valence-corrected chi connectivity index (χ0v) is 23.1. The van der Waals surface area contributed by atoms with Gasteiger partial charge in [0, 0.05) is 16.8 Å². The lowest BCUT2D eigenvalue weighted by atomic mass is 9.95. The van der Waals surface area contributed by atoms with Crippen LogP contribution in [-0.4, -0.2) is 32.1 Å². The molecule has 3 rings (SSSR count). The number of hydrogen-bond donors (Lipinski definition) is 3. The summed E-state index contributed by atoms with van der Waals surface area (Å²) in [5, 5.41) is 10.9. The number of halogens is 1. The van der Waals surface area contributed by atoms with Gasteiger partial charge >= 0.3 is 5.97 Å². The highest BCUT2D eigenvalue weighted by atomic mass is 35.5. The SMILES string of the molecule is CCCc1cc(CC)cc(C(Nc2ccc(C(=N)N)cc2)C(=O)OC)c1OCCOCc1ccccc1.Cl. The van der Waals surface area contributed by atoms with Crippen molar-refractivity contribution in [3.05, 3.63) is 94.5 Å². The van der Waals surface area contributed by atoms with Crippen LogP contribution in [0.1, 0.15) is 54.1 Å². The Hall–Kier alpha value is -3.55. The molecule has 0 bridgehead atoms. The molecule has 3 aromatic rings. The number of rotatable bonds is 14. The number of carbonyl (C=O) groups is 1. The van der Waals surface area contributed by atoms with E-state index in [1.807, 2.05) is 36.4 Å². The summed E-state index contributed by atoms with van der Waals surface area (Å²) in [6.45, 7) is 5.49. The molecule has 0 heterocycles. The fourth-order valence-electron chi connectivity index (χ4n) is 4.09. The Morgan fingerprint density at radius 3 is 2.32 bits per heavy atom. The van der Waals surface area contributed by atoms with E-state index in [1.54, 1.807) is 24.3 Å². The topological polar surface area (TPSA) is 107 Å². The van der Waals surface area contributed by atoms with Gasteiger partial charge < -0.3 is 25.3 Å². The van der Waals surface area contributed by atoms with Gasteiger partial charge in [0.1, 0.15) is 18.2 Å². The molecule has 0 fully saturated rings. The Kier molecular flexibility index (Phi) is 12.6. The van der Waals surface area contributed by atoms with Gasteiger partial charge in [0.05, 0.1) is 20.3 Å². The highest BCUT2D eigenvalue weighted by Gasteiger charge is 2.27. The van der Waals surface area contributed by atoms with Gasteiger partial charge in [-0.2, -0.15) is 0 Å². The Labute approximate surface area is 231 Å². The number of benzene rings is 3. The predicted octanol–water partition coefficient (Wildman–Crippen LogP) is 5.83. The van der Waals surface area contributed by atoms with Crippen LogP contribution >= 0.6 is 12.4 Å². The molecule has 1 unspecified atom stereocenters. The second-order valence-corrected chi connectivity index (χ2v) is 8.76. The van der Waals surface area contributed by atoms with E-state index in [9.17, 15) is 4.79 Å². The summed E-state index contributed by atoms with van der Waals surface area (Å²) < 4.78 is 17.3. The molecule has 8 heteroatoms. The Bertz CT molecular complexity index is 1170. The third kappa shape index (κ3) is 8.50. The van der Waals surface area contributed by atoms with Crippen LogP contribution in [0.25, 0.3) is 0 Å². The molecule has 0 radical (unpaired) electrons. The van der Waals surface area contributed by atoms with Crippen LogP contribution < -0.4 is 15.8 Å². The van der Waals surface area contributed by atoms with Crippen molar-refractivity contribution in [2.24, 2.45) is 5.73 Å². The molecular weight excluding hydrogens is 502 g/mol. The molecule has 1 atom stereocenters. The average molecular weight is 540 g/mol. The van der Waals surface area contributed by atoms with Crippen LogP contribution in [0.2, 0.25) is 0 Å². The first kappa shape index (κ1) is 30.7. The van der Waals surface area contributed by atoms with Crippen LogP contribution in [0.15, 0.2) is 66.7 Å². The summed E-state index contributed by atoms with van der Waals surface area (Å²) in [7, 11) is 1.38. The summed E-state index contributed by atoms with van der Waals surface area (Å²) >= 11 is 0. The molecule has 0 saturated carbocycles. The van der Waals surface area contributed by atoms with Gasteiger partial charge in [-0.25, -0.2) is 4.79 Å². The van der Waals surface area contributed by atoms with Gasteiger partial charge in [-0.05, 0) is 59.9 Å². The van der Waals surface area contributed by atoms with Gasteiger partial charge in [0.25, 0.3) is 0 Å². The number of carbonyl (C=O) groups excluding carboxylic acids is 1. The molecule has 0 aliphatic carbocycles. The maximum absolute atomic E-state index is 13.0. The second kappa shape index (κ2) is 15.6. The van der Waals surface area contributed by atoms with Crippen LogP contribution in [0.3, 0.4) is 0 Å². The maximum atomic E-state index is 13.0. The zero-order chi connectivity index (χ0) is 26.6. The number of amidine groups is 1. The lowest BCUT2D eigenvalue weighted by Gasteiger charge is -2.24. The molecule has 0 amide bonds. The summed E-state index contributed by atoms with van der Waals surface area (Å²) in [5.74, 6) is 0.253. The lowest BCUT2D eigenvalue weighted by Crippen LogP contribution is -2.24. The Balaban J connectivity index is 0.00000507. The number of nitrogens with two attached hydrogens (primary N) is 1. The molecule has 38 heavy (non-hydrogen) atoms. The van der Waals surface area contributed by atoms with E-state index in [0.29, 0.717) is 36.8 Å². The number of nitrogen functional groups attached to an aromatic ring is 1. The van der Waals surface area contributed by atoms with Gasteiger partial charge in [0.15, 0.2) is 6.04 Å². The molecule has 3 aromatic carbocycles. The Morgan fingerprint density at radius 2 is 1.71 bits per heavy atom. The average Bonchev–Trinajstić information content (AvgIpc) is 2.92. The number of nitrogens with one attached hydrogen (secondary N) is 2. The molecule has 0 saturated heterocycles. The molecule has 0 spiro atoms. The molecule has 0 aliphatic rings. The molecule has 7 nitrogen and oxygen atoms in total. The maximum Gasteiger partial charge on any atom is 0.333 e. The van der Waals surface area contributed by atoms with E-state index in [-0.39, 0.29) is 18.2 Å². The first-order valence-corrected chi connectivity index (χ1v) is 12.7. The fourth-order valence-corrected chi connectivity index (χ4v) is 4.09. The normalized spacial score (nSPS) is 11.2. The second-order valence-electron chi connectivity index (χ2n) is 8.76. The van der Waals surface area contributed by atoms with Crippen LogP contribution in [0, 0.1) is 5.41 Å². The smallest absolute Gasteiger partial charge is 0.333 e. The third-order valence-electron chi connectivity index (χ3n) is 6.02. The van der Waals surface area contributed by atoms with Crippen molar-refractivity contribution in [1.29, 1.82) is 5.41 Å². The molecule has 4 N–H and O–H groups in total. The molecular formula is C30H38ClN3O4. The van der Waals surface area contributed by atoms with E-state index >= 15 is 0 Å². The summed E-state index contributed by atoms with van der Waals surface area (Å²) in [6, 6.07) is 20.5. The molecule has 204 valence electrons. The van der Waals surface area contributed by atoms with Crippen molar-refractivity contribution in [1.82, 2.24) is 0 Å². The lowest BCUT2D eigenvalue weighted by molar-refractivity contribution is -0.141. The van der Waals surface area contributed by atoms with E-state index in [1.165, 1.54) is 7.11 Å². The minimum absolute atomic E-state index is 0. The van der Waals surface area contributed by atoms with Crippen LogP contribution in [0.5, 0.6) is 5.75 Å². The van der Waals surface area contributed by atoms with Crippen molar-refractivity contribution >= 4 is 29.9 Å². The number of aryl methyl sites for hydroxylation is 2. The van der Waals surface area contributed by atoms with Gasteiger partial charge in [-0.3, -0.25) is 5.41 Å². The first-order chi connectivity index (χ1) is 18.0. The van der Waals surface area contributed by atoms with E-state index in [2.05, 4.69) is 25.2 Å². The third-order valence-corrected chi connectivity index (χ3v) is 6.02. The van der Waals surface area contributed by atoms with E-state index in [0.717, 1.165) is 41.5 Å². The zero-order valence-electron chi connectivity index (χ0n) is 22.3. The number of methoxy groups -OCH3 is 1. The Morgan fingerprint density at radius 1 is 1.00 bits per heavy atom. The number of hydrogen-bond acceptors (Lipinski definition) is 6. The van der Waals surface area contributed by atoms with Gasteiger partial charge in [-0.1, -0.05) is 56.7 Å². The largest absolute Gasteiger partial charge is 0.491 e. The standard InChI is InChI=1S/C30H37N3O4.ClH/c1-4-9-24-18-21(5-2)19-26(28(24)37-17-16-36-20-22-10-7-6-8-11-22)27(30(34)35-3)33-25-14-12-23(13-15-25)29(31)32;/h6-8,10-15,18-19,27,33H,4-5,9,16-17,20H2,1-3H3,(H3,31,32);1H. The molecule has 0 aliphatic heterocycles. The van der Waals surface area contributed by atoms with Gasteiger partial charge in [0.2, 0.25) is 0 Å². The monoisotopic (exact) mass is 539 g/mol. The number of ether oxygens (including phenoxy) is 3. The van der Waals surface area contributed by atoms with Crippen molar-refractivity contribution < 1.29 is 19.0 Å². The van der Waals surface area contributed by atoms with Crippen molar-refractivity contribution in [2.45, 2.75) is 45.8 Å². The van der Waals surface area contributed by atoms with Crippen LogP contribution in [0.4, 0.5) is 5.69 Å². The van der Waals surface area contributed by atoms with E-state index < -0.39 is 12.0 Å². The predicted molar refractivity (Wildman–Crippen MR) is 154 cm³/mol. The first-order valence-electron chi connectivity index (χ1n) is 12.7. The van der Waals surface area contributed by atoms with Gasteiger partial charge in [-0.15, -0.1) is 12.4 Å². The summed E-state index contributed by atoms with van der Waals surface area (Å²) in [4.78, 5) is 13.0. The highest BCUT2D eigenvalue weighted by molar-refractivity contribution is 5.95. The van der Waals surface area contributed by atoms with Crippen molar-refractivity contribution in [3.8, 4) is 5.75 Å². The van der Waals surface area contributed by atoms with Crippen molar-refractivity contribution in [3.63, 3.8) is 0 Å². The molecule has 0 aromatic heterocycles.